The molecule has 18 heavy (non-hydrogen) atoms. The summed E-state index contributed by atoms with van der Waals surface area (Å²) in [5.74, 6) is -1.29. The Morgan fingerprint density at radius 1 is 1.33 bits per heavy atom. The van der Waals surface area contributed by atoms with Crippen molar-refractivity contribution in [2.45, 2.75) is 13.5 Å². The highest BCUT2D eigenvalue weighted by molar-refractivity contribution is 5.85. The van der Waals surface area contributed by atoms with Crippen molar-refractivity contribution in [3.63, 3.8) is 0 Å². The molecule has 4 nitrogen and oxygen atoms in total. The topological polar surface area (TPSA) is 55.4 Å². The van der Waals surface area contributed by atoms with Gasteiger partial charge in [0.1, 0.15) is 5.82 Å². The third-order valence-electron chi connectivity index (χ3n) is 2.05. The molecule has 1 aromatic rings. The van der Waals surface area contributed by atoms with Gasteiger partial charge < -0.3 is 10.1 Å². The van der Waals surface area contributed by atoms with Gasteiger partial charge in [-0.1, -0.05) is 18.2 Å². The molecule has 0 atom stereocenters. The molecule has 0 saturated carbocycles. The molecule has 0 unspecified atom stereocenters. The summed E-state index contributed by atoms with van der Waals surface area (Å²) in [5.41, 5.74) is 0.768. The summed E-state index contributed by atoms with van der Waals surface area (Å²) in [7, 11) is 0. The van der Waals surface area contributed by atoms with Crippen LogP contribution in [0.2, 0.25) is 0 Å². The zero-order chi connectivity index (χ0) is 13.4. The Labute approximate surface area is 104 Å². The van der Waals surface area contributed by atoms with Crippen LogP contribution in [0.5, 0.6) is 0 Å². The highest BCUT2D eigenvalue weighted by atomic mass is 19.1. The summed E-state index contributed by atoms with van der Waals surface area (Å²) in [4.78, 5) is 22.2. The van der Waals surface area contributed by atoms with Crippen molar-refractivity contribution < 1.29 is 18.7 Å². The van der Waals surface area contributed by atoms with E-state index in [4.69, 9.17) is 0 Å². The summed E-state index contributed by atoms with van der Waals surface area (Å²) < 4.78 is 17.3. The quantitative estimate of drug-likeness (QED) is 0.638. The maximum atomic E-state index is 12.6. The molecule has 0 aliphatic carbocycles. The third-order valence-corrected chi connectivity index (χ3v) is 2.05. The molecule has 0 aliphatic rings. The first-order valence-corrected chi connectivity index (χ1v) is 5.42. The van der Waals surface area contributed by atoms with Crippen LogP contribution in [-0.4, -0.2) is 18.5 Å². The summed E-state index contributed by atoms with van der Waals surface area (Å²) >= 11 is 0. The molecule has 0 saturated heterocycles. The summed E-state index contributed by atoms with van der Waals surface area (Å²) in [6.07, 6.45) is 2.76. The number of rotatable bonds is 5. The summed E-state index contributed by atoms with van der Waals surface area (Å²) in [6.45, 7) is 1.61. The van der Waals surface area contributed by atoms with Gasteiger partial charge in [-0.15, -0.1) is 0 Å². The number of esters is 1. The molecule has 0 bridgehead atoms. The van der Waals surface area contributed by atoms with E-state index >= 15 is 0 Å². The minimum Gasteiger partial charge on any atom is -0.452 e. The predicted molar refractivity (Wildman–Crippen MR) is 64.0 cm³/mol. The number of amides is 1. The molecule has 96 valence electrons. The average Bonchev–Trinajstić information content (AvgIpc) is 2.36. The fourth-order valence-electron chi connectivity index (χ4n) is 1.17. The maximum Gasteiger partial charge on any atom is 0.330 e. The fourth-order valence-corrected chi connectivity index (χ4v) is 1.17. The van der Waals surface area contributed by atoms with Gasteiger partial charge in [-0.2, -0.15) is 0 Å². The van der Waals surface area contributed by atoms with E-state index in [1.807, 2.05) is 0 Å². The molecule has 0 radical (unpaired) electrons. The van der Waals surface area contributed by atoms with Crippen LogP contribution in [0.15, 0.2) is 36.4 Å². The lowest BCUT2D eigenvalue weighted by Crippen LogP contribution is -2.28. The number of carbonyl (C=O) groups excluding carboxylic acids is 2. The Bertz CT molecular complexity index is 440. The monoisotopic (exact) mass is 251 g/mol. The number of nitrogens with one attached hydrogen (secondary N) is 1. The molecule has 1 N–H and O–H groups in total. The lowest BCUT2D eigenvalue weighted by atomic mass is 10.2. The van der Waals surface area contributed by atoms with Crippen molar-refractivity contribution in [1.82, 2.24) is 5.32 Å². The number of benzene rings is 1. The van der Waals surface area contributed by atoms with Crippen LogP contribution in [0.3, 0.4) is 0 Å². The SMILES string of the molecule is C/C=C/C(=O)OCC(=O)NCc1ccc(F)cc1. The van der Waals surface area contributed by atoms with E-state index < -0.39 is 11.9 Å². The van der Waals surface area contributed by atoms with Gasteiger partial charge in [0.2, 0.25) is 0 Å². The molecule has 1 aromatic carbocycles. The molecular formula is C13H14FNO3. The van der Waals surface area contributed by atoms with Gasteiger partial charge in [-0.3, -0.25) is 4.79 Å². The minimum atomic E-state index is -0.561. The Morgan fingerprint density at radius 3 is 2.61 bits per heavy atom. The molecule has 0 aliphatic heterocycles. The first-order chi connectivity index (χ1) is 8.61. The number of ether oxygens (including phenoxy) is 1. The van der Waals surface area contributed by atoms with Crippen LogP contribution in [0, 0.1) is 5.82 Å². The highest BCUT2D eigenvalue weighted by Crippen LogP contribution is 2.01. The van der Waals surface area contributed by atoms with E-state index in [9.17, 15) is 14.0 Å². The van der Waals surface area contributed by atoms with Gasteiger partial charge in [-0.25, -0.2) is 9.18 Å². The molecule has 0 spiro atoms. The molecular weight excluding hydrogens is 237 g/mol. The van der Waals surface area contributed by atoms with Gasteiger partial charge >= 0.3 is 5.97 Å². The van der Waals surface area contributed by atoms with Gasteiger partial charge in [0, 0.05) is 12.6 Å². The standard InChI is InChI=1S/C13H14FNO3/c1-2-3-13(17)18-9-12(16)15-8-10-4-6-11(14)7-5-10/h2-7H,8-9H2,1H3,(H,15,16)/b3-2+. The molecule has 5 heteroatoms. The molecule has 0 aromatic heterocycles. The van der Waals surface area contributed by atoms with Crippen molar-refractivity contribution in [2.24, 2.45) is 0 Å². The number of hydrogen-bond donors (Lipinski definition) is 1. The van der Waals surface area contributed by atoms with Crippen LogP contribution < -0.4 is 5.32 Å². The van der Waals surface area contributed by atoms with E-state index in [1.54, 1.807) is 19.1 Å². The lowest BCUT2D eigenvalue weighted by Gasteiger charge is -2.05. The van der Waals surface area contributed by atoms with Crippen molar-refractivity contribution in [2.75, 3.05) is 6.61 Å². The second-order valence-electron chi connectivity index (χ2n) is 3.51. The minimum absolute atomic E-state index is 0.264. The normalized spacial score (nSPS) is 10.3. The van der Waals surface area contributed by atoms with Crippen LogP contribution in [0.4, 0.5) is 4.39 Å². The zero-order valence-electron chi connectivity index (χ0n) is 9.98. The number of carbonyl (C=O) groups is 2. The fraction of sp³-hybridized carbons (Fsp3) is 0.231. The predicted octanol–water partition coefficient (Wildman–Crippen LogP) is 1.56. The van der Waals surface area contributed by atoms with Crippen LogP contribution >= 0.6 is 0 Å². The smallest absolute Gasteiger partial charge is 0.330 e. The van der Waals surface area contributed by atoms with E-state index in [2.05, 4.69) is 10.1 Å². The van der Waals surface area contributed by atoms with E-state index in [0.717, 1.165) is 5.56 Å². The Hall–Kier alpha value is -2.17. The van der Waals surface area contributed by atoms with E-state index in [0.29, 0.717) is 0 Å². The molecule has 0 heterocycles. The second kappa shape index (κ2) is 7.21. The number of halogens is 1. The van der Waals surface area contributed by atoms with Crippen molar-refractivity contribution in [3.05, 3.63) is 47.8 Å². The third kappa shape index (κ3) is 5.25. The molecule has 1 amide bonds. The molecule has 0 fully saturated rings. The summed E-state index contributed by atoms with van der Waals surface area (Å²) in [6, 6.07) is 5.77. The van der Waals surface area contributed by atoms with Crippen molar-refractivity contribution in [1.29, 1.82) is 0 Å². The second-order valence-corrected chi connectivity index (χ2v) is 3.51. The van der Waals surface area contributed by atoms with Crippen LogP contribution in [0.25, 0.3) is 0 Å². The average molecular weight is 251 g/mol. The number of allylic oxidation sites excluding steroid dienone is 1. The zero-order valence-corrected chi connectivity index (χ0v) is 9.98. The van der Waals surface area contributed by atoms with Gasteiger partial charge in [0.05, 0.1) is 0 Å². The van der Waals surface area contributed by atoms with Crippen molar-refractivity contribution in [3.8, 4) is 0 Å². The van der Waals surface area contributed by atoms with Crippen molar-refractivity contribution >= 4 is 11.9 Å². The maximum absolute atomic E-state index is 12.6. The molecule has 1 rings (SSSR count). The van der Waals surface area contributed by atoms with Crippen LogP contribution in [-0.2, 0) is 20.9 Å². The van der Waals surface area contributed by atoms with Crippen LogP contribution in [0.1, 0.15) is 12.5 Å². The van der Waals surface area contributed by atoms with E-state index in [-0.39, 0.29) is 19.0 Å². The largest absolute Gasteiger partial charge is 0.452 e. The Morgan fingerprint density at radius 2 is 2.00 bits per heavy atom. The first kappa shape index (κ1) is 13.9. The Kier molecular flexibility index (Phi) is 5.57. The Balaban J connectivity index is 2.29. The van der Waals surface area contributed by atoms with Gasteiger partial charge in [0.15, 0.2) is 6.61 Å². The first-order valence-electron chi connectivity index (χ1n) is 5.42. The summed E-state index contributed by atoms with van der Waals surface area (Å²) in [5, 5.41) is 2.55. The van der Waals surface area contributed by atoms with Gasteiger partial charge in [0.25, 0.3) is 5.91 Å². The highest BCUT2D eigenvalue weighted by Gasteiger charge is 2.04. The van der Waals surface area contributed by atoms with E-state index in [1.165, 1.54) is 24.3 Å². The lowest BCUT2D eigenvalue weighted by molar-refractivity contribution is -0.143. The number of hydrogen-bond acceptors (Lipinski definition) is 3. The van der Waals surface area contributed by atoms with Gasteiger partial charge in [-0.05, 0) is 24.6 Å².